The number of hydrogen-bond donors (Lipinski definition) is 0. The SMILES string of the molecule is C=C(C)C(=O)OCCC[Si](C)(C)O[Si](C)(C)O[Si](C)(C)O[Si](C)(C)C. The van der Waals surface area contributed by atoms with E-state index in [1.807, 2.05) is 0 Å². The fraction of sp³-hybridized carbons (Fsp3) is 0.812. The van der Waals surface area contributed by atoms with Crippen molar-refractivity contribution < 1.29 is 21.9 Å². The Morgan fingerprint density at radius 2 is 1.32 bits per heavy atom. The van der Waals surface area contributed by atoms with E-state index >= 15 is 0 Å². The summed E-state index contributed by atoms with van der Waals surface area (Å²) in [6.07, 6.45) is 0.801. The quantitative estimate of drug-likeness (QED) is 0.203. The fourth-order valence-corrected chi connectivity index (χ4v) is 21.3. The molecule has 0 aliphatic rings. The molecule has 0 rings (SSSR count). The maximum Gasteiger partial charge on any atom is 0.333 e. The minimum absolute atomic E-state index is 0.324. The van der Waals surface area contributed by atoms with Crippen LogP contribution in [0.2, 0.25) is 65.0 Å². The van der Waals surface area contributed by atoms with Crippen LogP contribution in [0.3, 0.4) is 0 Å². The van der Waals surface area contributed by atoms with Gasteiger partial charge < -0.3 is 17.1 Å². The first-order valence-electron chi connectivity index (χ1n) is 8.88. The molecule has 0 atom stereocenters. The summed E-state index contributed by atoms with van der Waals surface area (Å²) in [6.45, 7) is 25.0. The minimum Gasteiger partial charge on any atom is -0.462 e. The second-order valence-corrected chi connectivity index (χ2v) is 25.3. The minimum atomic E-state index is -2.27. The standard InChI is InChI=1S/C16H38O5Si4/c1-15(2)16(17)18-13-12-14-23(6,7)20-25(10,11)21-24(8,9)19-22(3,4)5/h1,12-14H2,2-11H3. The molecular weight excluding hydrogens is 385 g/mol. The highest BCUT2D eigenvalue weighted by molar-refractivity contribution is 6.89. The number of esters is 1. The molecule has 0 aromatic rings. The van der Waals surface area contributed by atoms with E-state index in [-0.39, 0.29) is 5.97 Å². The van der Waals surface area contributed by atoms with E-state index < -0.39 is 33.8 Å². The summed E-state index contributed by atoms with van der Waals surface area (Å²) >= 11 is 0. The average molecular weight is 423 g/mol. The van der Waals surface area contributed by atoms with Gasteiger partial charge in [0.25, 0.3) is 0 Å². The summed E-state index contributed by atoms with van der Waals surface area (Å²) < 4.78 is 24.4. The zero-order valence-corrected chi connectivity index (χ0v) is 21.9. The molecule has 0 fully saturated rings. The number of ether oxygens (including phenoxy) is 1. The number of carbonyl (C=O) groups excluding carboxylic acids is 1. The van der Waals surface area contributed by atoms with Crippen molar-refractivity contribution in [1.82, 2.24) is 0 Å². The lowest BCUT2D eigenvalue weighted by molar-refractivity contribution is -0.138. The molecule has 9 heteroatoms. The molecule has 0 radical (unpaired) electrons. The molecule has 0 saturated carbocycles. The van der Waals surface area contributed by atoms with Crippen molar-refractivity contribution in [1.29, 1.82) is 0 Å². The highest BCUT2D eigenvalue weighted by Crippen LogP contribution is 2.25. The third-order valence-corrected chi connectivity index (χ3v) is 17.2. The first kappa shape index (κ1) is 25.0. The third kappa shape index (κ3) is 12.9. The first-order chi connectivity index (χ1) is 10.9. The molecule has 0 N–H and O–H groups in total. The average Bonchev–Trinajstić information content (AvgIpc) is 2.27. The Morgan fingerprint density at radius 1 is 0.840 bits per heavy atom. The van der Waals surface area contributed by atoms with Gasteiger partial charge >= 0.3 is 23.1 Å². The lowest BCUT2D eigenvalue weighted by atomic mass is 10.4. The zero-order chi connectivity index (χ0) is 20.1. The van der Waals surface area contributed by atoms with Crippen LogP contribution in [0.15, 0.2) is 12.2 Å². The van der Waals surface area contributed by atoms with Gasteiger partial charge in [0.2, 0.25) is 0 Å². The Balaban J connectivity index is 4.54. The van der Waals surface area contributed by atoms with Crippen molar-refractivity contribution in [3.05, 3.63) is 12.2 Å². The molecule has 0 bridgehead atoms. The smallest absolute Gasteiger partial charge is 0.333 e. The number of carbonyl (C=O) groups is 1. The fourth-order valence-electron chi connectivity index (χ4n) is 2.87. The van der Waals surface area contributed by atoms with Crippen molar-refractivity contribution in [2.24, 2.45) is 0 Å². The normalized spacial score (nSPS) is 13.7. The summed E-state index contributed by atoms with van der Waals surface area (Å²) in [5, 5.41) is 0. The molecule has 0 amide bonds. The third-order valence-electron chi connectivity index (χ3n) is 3.07. The lowest BCUT2D eigenvalue weighted by Gasteiger charge is -2.40. The van der Waals surface area contributed by atoms with Crippen LogP contribution in [0.25, 0.3) is 0 Å². The van der Waals surface area contributed by atoms with Gasteiger partial charge in [-0.1, -0.05) is 6.58 Å². The topological polar surface area (TPSA) is 54.0 Å². The largest absolute Gasteiger partial charge is 0.462 e. The van der Waals surface area contributed by atoms with E-state index in [1.165, 1.54) is 0 Å². The van der Waals surface area contributed by atoms with Gasteiger partial charge in [-0.3, -0.25) is 0 Å². The highest BCUT2D eigenvalue weighted by atomic mass is 28.5. The number of hydrogen-bond acceptors (Lipinski definition) is 5. The van der Waals surface area contributed by atoms with Crippen LogP contribution in [0, 0.1) is 0 Å². The Bertz CT molecular complexity index is 470. The van der Waals surface area contributed by atoms with Gasteiger partial charge in [0.05, 0.1) is 6.61 Å². The molecule has 25 heavy (non-hydrogen) atoms. The van der Waals surface area contributed by atoms with Crippen molar-refractivity contribution in [3.63, 3.8) is 0 Å². The van der Waals surface area contributed by atoms with Gasteiger partial charge in [-0.15, -0.1) is 0 Å². The predicted octanol–water partition coefficient (Wildman–Crippen LogP) is 4.99. The van der Waals surface area contributed by atoms with Crippen LogP contribution in [0.4, 0.5) is 0 Å². The van der Waals surface area contributed by atoms with E-state index in [2.05, 4.69) is 65.5 Å². The summed E-state index contributed by atoms with van der Waals surface area (Å²) in [5.74, 6) is -0.324. The zero-order valence-electron chi connectivity index (χ0n) is 17.9. The molecule has 148 valence electrons. The molecule has 0 heterocycles. The molecule has 5 nitrogen and oxygen atoms in total. The van der Waals surface area contributed by atoms with Crippen LogP contribution in [-0.2, 0) is 21.9 Å². The van der Waals surface area contributed by atoms with Gasteiger partial charge in [-0.25, -0.2) is 4.79 Å². The van der Waals surface area contributed by atoms with E-state index in [0.717, 1.165) is 12.5 Å². The lowest BCUT2D eigenvalue weighted by Crippen LogP contribution is -2.55. The van der Waals surface area contributed by atoms with Gasteiger partial charge in [0.15, 0.2) is 16.6 Å². The van der Waals surface area contributed by atoms with Gasteiger partial charge in [0, 0.05) is 5.57 Å². The summed E-state index contributed by atoms with van der Waals surface area (Å²) in [4.78, 5) is 11.4. The summed E-state index contributed by atoms with van der Waals surface area (Å²) in [7, 11) is -8.01. The monoisotopic (exact) mass is 422 g/mol. The first-order valence-corrected chi connectivity index (χ1v) is 21.0. The van der Waals surface area contributed by atoms with Crippen molar-refractivity contribution >= 4 is 39.7 Å². The van der Waals surface area contributed by atoms with E-state index in [9.17, 15) is 4.79 Å². The molecule has 0 spiro atoms. The molecule has 0 aliphatic carbocycles. The maximum absolute atomic E-state index is 11.4. The highest BCUT2D eigenvalue weighted by Gasteiger charge is 2.42. The molecule has 0 aromatic carbocycles. The van der Waals surface area contributed by atoms with Crippen LogP contribution in [-0.4, -0.2) is 46.3 Å². The van der Waals surface area contributed by atoms with Crippen molar-refractivity contribution in [2.75, 3.05) is 6.61 Å². The van der Waals surface area contributed by atoms with Gasteiger partial charge in [-0.2, -0.15) is 0 Å². The Kier molecular flexibility index (Phi) is 9.23. The maximum atomic E-state index is 11.4. The second kappa shape index (κ2) is 9.24. The predicted molar refractivity (Wildman–Crippen MR) is 114 cm³/mol. The van der Waals surface area contributed by atoms with Crippen molar-refractivity contribution in [2.45, 2.75) is 78.3 Å². The van der Waals surface area contributed by atoms with Crippen molar-refractivity contribution in [3.8, 4) is 0 Å². The second-order valence-electron chi connectivity index (χ2n) is 9.00. The molecule has 0 saturated heterocycles. The van der Waals surface area contributed by atoms with E-state index in [0.29, 0.717) is 12.2 Å². The van der Waals surface area contributed by atoms with Gasteiger partial charge in [-0.05, 0) is 78.3 Å². The van der Waals surface area contributed by atoms with Crippen LogP contribution < -0.4 is 0 Å². The van der Waals surface area contributed by atoms with Gasteiger partial charge in [0.1, 0.15) is 0 Å². The Morgan fingerprint density at radius 3 is 1.76 bits per heavy atom. The summed E-state index contributed by atoms with van der Waals surface area (Å²) in [5.41, 5.74) is 0.435. The van der Waals surface area contributed by atoms with Crippen LogP contribution in [0.1, 0.15) is 13.3 Å². The Labute approximate surface area is 158 Å². The molecule has 0 aromatic heterocycles. The molecule has 0 unspecified atom stereocenters. The molecule has 0 aliphatic heterocycles. The molecular formula is C16H38O5Si4. The van der Waals surface area contributed by atoms with Crippen LogP contribution >= 0.6 is 0 Å². The number of rotatable bonds is 11. The van der Waals surface area contributed by atoms with Crippen LogP contribution in [0.5, 0.6) is 0 Å². The van der Waals surface area contributed by atoms with E-state index in [1.54, 1.807) is 6.92 Å². The summed E-state index contributed by atoms with van der Waals surface area (Å²) in [6, 6.07) is 0.924. The Hall–Kier alpha value is -0.0425. The van der Waals surface area contributed by atoms with E-state index in [4.69, 9.17) is 17.1 Å².